The van der Waals surface area contributed by atoms with E-state index in [9.17, 15) is 9.90 Å². The molecule has 0 aliphatic rings. The molecule has 112 valence electrons. The van der Waals surface area contributed by atoms with E-state index >= 15 is 0 Å². The molecule has 1 aromatic rings. The zero-order valence-corrected chi connectivity index (χ0v) is 12.6. The van der Waals surface area contributed by atoms with Crippen molar-refractivity contribution in [1.82, 2.24) is 4.98 Å². The Bertz CT molecular complexity index is 467. The van der Waals surface area contributed by atoms with Crippen LogP contribution in [0.3, 0.4) is 0 Å². The molecule has 1 rings (SSSR count). The average Bonchev–Trinajstić information content (AvgIpc) is 2.37. The molecule has 1 heterocycles. The lowest BCUT2D eigenvalue weighted by Gasteiger charge is -2.20. The Kier molecular flexibility index (Phi) is 5.51. The summed E-state index contributed by atoms with van der Waals surface area (Å²) in [5, 5.41) is 21.7. The smallest absolute Gasteiger partial charge is 0.335 e. The Labute approximate surface area is 120 Å². The standard InChI is InChI=1S/C15H24N2O3/c1-5-11(18)6-7-16-13-9-10(14(19)20)8-12(17-13)15(2,3)4/h8-9,11,18H,5-7H2,1-4H3,(H,16,17)(H,19,20). The van der Waals surface area contributed by atoms with Crippen LogP contribution < -0.4 is 5.32 Å². The van der Waals surface area contributed by atoms with E-state index in [4.69, 9.17) is 5.11 Å². The van der Waals surface area contributed by atoms with E-state index in [1.54, 1.807) is 6.07 Å². The zero-order valence-electron chi connectivity index (χ0n) is 12.6. The highest BCUT2D eigenvalue weighted by Gasteiger charge is 2.19. The molecule has 0 amide bonds. The van der Waals surface area contributed by atoms with Crippen molar-refractivity contribution in [3.05, 3.63) is 23.4 Å². The molecule has 0 fully saturated rings. The normalized spacial score (nSPS) is 13.1. The highest BCUT2D eigenvalue weighted by Crippen LogP contribution is 2.23. The zero-order chi connectivity index (χ0) is 15.3. The molecule has 0 bridgehead atoms. The molecule has 0 radical (unpaired) electrons. The number of rotatable bonds is 6. The number of pyridine rings is 1. The molecule has 0 saturated carbocycles. The Hall–Kier alpha value is -1.62. The minimum Gasteiger partial charge on any atom is -0.478 e. The van der Waals surface area contributed by atoms with Crippen LogP contribution in [-0.4, -0.2) is 33.8 Å². The van der Waals surface area contributed by atoms with Gasteiger partial charge in [0.25, 0.3) is 0 Å². The molecule has 1 atom stereocenters. The number of hydrogen-bond donors (Lipinski definition) is 3. The molecule has 0 aliphatic carbocycles. The first-order valence-electron chi connectivity index (χ1n) is 6.92. The van der Waals surface area contributed by atoms with Crippen LogP contribution >= 0.6 is 0 Å². The van der Waals surface area contributed by atoms with Crippen molar-refractivity contribution in [2.75, 3.05) is 11.9 Å². The Balaban J connectivity index is 2.90. The summed E-state index contributed by atoms with van der Waals surface area (Å²) >= 11 is 0. The number of aromatic carboxylic acids is 1. The van der Waals surface area contributed by atoms with Crippen molar-refractivity contribution in [3.8, 4) is 0 Å². The van der Waals surface area contributed by atoms with Gasteiger partial charge in [-0.2, -0.15) is 0 Å². The number of aliphatic hydroxyl groups excluding tert-OH is 1. The van der Waals surface area contributed by atoms with Gasteiger partial charge in [-0.1, -0.05) is 27.7 Å². The second kappa shape index (κ2) is 6.70. The topological polar surface area (TPSA) is 82.5 Å². The predicted octanol–water partition coefficient (Wildman–Crippen LogP) is 2.65. The fraction of sp³-hybridized carbons (Fsp3) is 0.600. The van der Waals surface area contributed by atoms with Crippen LogP contribution in [0.5, 0.6) is 0 Å². The summed E-state index contributed by atoms with van der Waals surface area (Å²) < 4.78 is 0. The minimum atomic E-state index is -0.963. The van der Waals surface area contributed by atoms with Gasteiger partial charge in [-0.05, 0) is 25.0 Å². The summed E-state index contributed by atoms with van der Waals surface area (Å²) in [6, 6.07) is 3.13. The molecule has 20 heavy (non-hydrogen) atoms. The third-order valence-electron chi connectivity index (χ3n) is 3.10. The van der Waals surface area contributed by atoms with Crippen molar-refractivity contribution in [1.29, 1.82) is 0 Å². The van der Waals surface area contributed by atoms with Crippen LogP contribution in [0, 0.1) is 0 Å². The Morgan fingerprint density at radius 1 is 1.40 bits per heavy atom. The summed E-state index contributed by atoms with van der Waals surface area (Å²) in [6.07, 6.45) is 0.977. The summed E-state index contributed by atoms with van der Waals surface area (Å²) in [5.41, 5.74) is 0.740. The third kappa shape index (κ3) is 4.81. The monoisotopic (exact) mass is 280 g/mol. The minimum absolute atomic E-state index is 0.217. The van der Waals surface area contributed by atoms with Crippen molar-refractivity contribution < 1.29 is 15.0 Å². The molecule has 1 unspecified atom stereocenters. The predicted molar refractivity (Wildman–Crippen MR) is 79.3 cm³/mol. The first kappa shape index (κ1) is 16.4. The van der Waals surface area contributed by atoms with E-state index in [-0.39, 0.29) is 17.1 Å². The van der Waals surface area contributed by atoms with Gasteiger partial charge in [0, 0.05) is 17.7 Å². The fourth-order valence-electron chi connectivity index (χ4n) is 1.70. The number of nitrogens with one attached hydrogen (secondary N) is 1. The molecule has 5 heteroatoms. The largest absolute Gasteiger partial charge is 0.478 e. The molecule has 0 aliphatic heterocycles. The second-order valence-corrected chi connectivity index (χ2v) is 5.96. The third-order valence-corrected chi connectivity index (χ3v) is 3.10. The van der Waals surface area contributed by atoms with Crippen molar-refractivity contribution in [2.24, 2.45) is 0 Å². The SMILES string of the molecule is CCC(O)CCNc1cc(C(=O)O)cc(C(C)(C)C)n1. The molecule has 0 aromatic carbocycles. The number of carboxylic acid groups (broad SMARTS) is 1. The number of nitrogens with zero attached hydrogens (tertiary/aromatic N) is 1. The van der Waals surface area contributed by atoms with E-state index in [2.05, 4.69) is 10.3 Å². The molecule has 5 nitrogen and oxygen atoms in total. The maximum absolute atomic E-state index is 11.2. The van der Waals surface area contributed by atoms with E-state index in [0.717, 1.165) is 5.69 Å². The molecule has 1 aromatic heterocycles. The number of anilines is 1. The van der Waals surface area contributed by atoms with Gasteiger partial charge in [-0.25, -0.2) is 9.78 Å². The van der Waals surface area contributed by atoms with E-state index in [1.807, 2.05) is 27.7 Å². The van der Waals surface area contributed by atoms with Crippen LogP contribution in [0.15, 0.2) is 12.1 Å². The van der Waals surface area contributed by atoms with Crippen LogP contribution in [-0.2, 0) is 5.41 Å². The van der Waals surface area contributed by atoms with Crippen LogP contribution in [0.1, 0.15) is 56.6 Å². The van der Waals surface area contributed by atoms with Crippen molar-refractivity contribution in [3.63, 3.8) is 0 Å². The van der Waals surface area contributed by atoms with Gasteiger partial charge in [-0.15, -0.1) is 0 Å². The van der Waals surface area contributed by atoms with Crippen LogP contribution in [0.2, 0.25) is 0 Å². The Morgan fingerprint density at radius 2 is 2.05 bits per heavy atom. The van der Waals surface area contributed by atoms with Gasteiger partial charge in [0.2, 0.25) is 0 Å². The molecular formula is C15H24N2O3. The van der Waals surface area contributed by atoms with E-state index < -0.39 is 5.97 Å². The summed E-state index contributed by atoms with van der Waals surface area (Å²) in [7, 11) is 0. The number of aromatic nitrogens is 1. The number of aliphatic hydroxyl groups is 1. The van der Waals surface area contributed by atoms with E-state index in [0.29, 0.717) is 25.2 Å². The van der Waals surface area contributed by atoms with Gasteiger partial charge >= 0.3 is 5.97 Å². The highest BCUT2D eigenvalue weighted by atomic mass is 16.4. The van der Waals surface area contributed by atoms with Crippen molar-refractivity contribution in [2.45, 2.75) is 52.1 Å². The van der Waals surface area contributed by atoms with E-state index in [1.165, 1.54) is 6.07 Å². The van der Waals surface area contributed by atoms with Crippen LogP contribution in [0.25, 0.3) is 0 Å². The number of hydrogen-bond acceptors (Lipinski definition) is 4. The maximum atomic E-state index is 11.2. The van der Waals surface area contributed by atoms with Crippen LogP contribution in [0.4, 0.5) is 5.82 Å². The van der Waals surface area contributed by atoms with Gasteiger partial charge in [0.1, 0.15) is 5.82 Å². The van der Waals surface area contributed by atoms with Gasteiger partial charge in [0.05, 0.1) is 11.7 Å². The average molecular weight is 280 g/mol. The van der Waals surface area contributed by atoms with Gasteiger partial charge in [-0.3, -0.25) is 0 Å². The molecule has 0 saturated heterocycles. The quantitative estimate of drug-likeness (QED) is 0.746. The van der Waals surface area contributed by atoms with Crippen molar-refractivity contribution >= 4 is 11.8 Å². The fourth-order valence-corrected chi connectivity index (χ4v) is 1.70. The van der Waals surface area contributed by atoms with Gasteiger partial charge < -0.3 is 15.5 Å². The lowest BCUT2D eigenvalue weighted by Crippen LogP contribution is -2.18. The first-order chi connectivity index (χ1) is 9.24. The summed E-state index contributed by atoms with van der Waals surface area (Å²) in [6.45, 7) is 8.46. The van der Waals surface area contributed by atoms with Gasteiger partial charge in [0.15, 0.2) is 0 Å². The Morgan fingerprint density at radius 3 is 2.55 bits per heavy atom. The lowest BCUT2D eigenvalue weighted by molar-refractivity contribution is 0.0696. The highest BCUT2D eigenvalue weighted by molar-refractivity contribution is 5.88. The number of carboxylic acids is 1. The first-order valence-corrected chi connectivity index (χ1v) is 6.92. The second-order valence-electron chi connectivity index (χ2n) is 5.96. The molecule has 3 N–H and O–H groups in total. The number of carbonyl (C=O) groups is 1. The molecular weight excluding hydrogens is 256 g/mol. The molecule has 0 spiro atoms. The summed E-state index contributed by atoms with van der Waals surface area (Å²) in [4.78, 5) is 15.6. The lowest BCUT2D eigenvalue weighted by atomic mass is 9.91. The maximum Gasteiger partial charge on any atom is 0.335 e. The summed E-state index contributed by atoms with van der Waals surface area (Å²) in [5.74, 6) is -0.423.